The third kappa shape index (κ3) is 11.0. The molecule has 0 bridgehead atoms. The minimum atomic E-state index is -4.69. The van der Waals surface area contributed by atoms with Crippen LogP contribution in [0.5, 0.6) is 0 Å². The smallest absolute Gasteiger partial charge is 0.0777 e. The van der Waals surface area contributed by atoms with Crippen LogP contribution in [0.3, 0.4) is 0 Å². The standard InChI is InChI=1S/C12H22S2.ClHO4/c1-11(2,3)7-9-8-13-14-10(9)12(4,5)6;2-1(3,4)5/h8,10H,7H2,1-6H3;(H,2,3,4,5). The Morgan fingerprint density at radius 1 is 1.16 bits per heavy atom. The fourth-order valence-electron chi connectivity index (χ4n) is 1.72. The number of rotatable bonds is 1. The van der Waals surface area contributed by atoms with E-state index in [1.165, 1.54) is 6.42 Å². The molecule has 1 heterocycles. The molecule has 0 aromatic carbocycles. The molecule has 1 atom stereocenters. The molecular formula is C12H23ClO4S2. The van der Waals surface area contributed by atoms with E-state index in [1.807, 2.05) is 21.6 Å². The molecule has 1 aliphatic heterocycles. The van der Waals surface area contributed by atoms with Gasteiger partial charge in [0, 0.05) is 5.25 Å². The summed E-state index contributed by atoms with van der Waals surface area (Å²) >= 11 is 0. The van der Waals surface area contributed by atoms with Crippen molar-refractivity contribution >= 4 is 21.6 Å². The van der Waals surface area contributed by atoms with Gasteiger partial charge < -0.3 is 0 Å². The highest BCUT2D eigenvalue weighted by molar-refractivity contribution is 8.78. The van der Waals surface area contributed by atoms with Gasteiger partial charge in [0.25, 0.3) is 0 Å². The van der Waals surface area contributed by atoms with Crippen LogP contribution in [0.4, 0.5) is 0 Å². The first-order valence-corrected chi connectivity index (χ1v) is 9.38. The first-order chi connectivity index (χ1) is 8.20. The Balaban J connectivity index is 0.000000555. The van der Waals surface area contributed by atoms with Crippen LogP contribution in [0.2, 0.25) is 0 Å². The molecule has 0 aliphatic carbocycles. The van der Waals surface area contributed by atoms with Gasteiger partial charge >= 0.3 is 0 Å². The Bertz CT molecular complexity index is 307. The second-order valence-electron chi connectivity index (χ2n) is 6.76. The fraction of sp³-hybridized carbons (Fsp3) is 0.833. The van der Waals surface area contributed by atoms with Gasteiger partial charge in [-0.3, -0.25) is 0 Å². The summed E-state index contributed by atoms with van der Waals surface area (Å²) in [5.41, 5.74) is 2.45. The third-order valence-corrected chi connectivity index (χ3v) is 5.12. The molecule has 0 radical (unpaired) electrons. The Kier molecular flexibility index (Phi) is 7.23. The Morgan fingerprint density at radius 2 is 1.58 bits per heavy atom. The van der Waals surface area contributed by atoms with E-state index in [2.05, 4.69) is 47.0 Å². The molecule has 0 aromatic heterocycles. The van der Waals surface area contributed by atoms with Gasteiger partial charge in [-0.25, -0.2) is 0 Å². The normalized spacial score (nSPS) is 20.7. The molecular weight excluding hydrogens is 308 g/mol. The first kappa shape index (κ1) is 19.6. The zero-order valence-corrected chi connectivity index (χ0v) is 14.6. The van der Waals surface area contributed by atoms with Crippen molar-refractivity contribution in [2.45, 2.75) is 53.2 Å². The van der Waals surface area contributed by atoms with Crippen LogP contribution >= 0.6 is 21.6 Å². The summed E-state index contributed by atoms with van der Waals surface area (Å²) < 4.78 is 32.7. The molecule has 0 saturated heterocycles. The molecule has 0 fully saturated rings. The van der Waals surface area contributed by atoms with Gasteiger partial charge in [-0.15, -0.1) is 0 Å². The van der Waals surface area contributed by atoms with E-state index in [1.54, 1.807) is 5.57 Å². The fourth-order valence-corrected chi connectivity index (χ4v) is 4.98. The van der Waals surface area contributed by atoms with Gasteiger partial charge in [-0.2, -0.15) is 14.0 Å². The van der Waals surface area contributed by atoms with Crippen molar-refractivity contribution < 1.29 is 28.9 Å². The predicted octanol–water partition coefficient (Wildman–Crippen LogP) is 0.992. The molecule has 0 saturated carbocycles. The van der Waals surface area contributed by atoms with Gasteiger partial charge in [0.15, 0.2) is 0 Å². The average molecular weight is 331 g/mol. The van der Waals surface area contributed by atoms with Crippen LogP contribution in [-0.4, -0.2) is 9.91 Å². The van der Waals surface area contributed by atoms with E-state index >= 15 is 0 Å². The van der Waals surface area contributed by atoms with Crippen molar-refractivity contribution in [2.75, 3.05) is 0 Å². The highest BCUT2D eigenvalue weighted by atomic mass is 35.7. The molecule has 19 heavy (non-hydrogen) atoms. The van der Waals surface area contributed by atoms with Crippen LogP contribution in [0, 0.1) is 21.1 Å². The maximum atomic E-state index is 8.60. The lowest BCUT2D eigenvalue weighted by atomic mass is 9.80. The van der Waals surface area contributed by atoms with Crippen molar-refractivity contribution in [2.24, 2.45) is 10.8 Å². The lowest BCUT2D eigenvalue weighted by Gasteiger charge is -2.31. The third-order valence-electron chi connectivity index (χ3n) is 2.21. The summed E-state index contributed by atoms with van der Waals surface area (Å²) in [5, 5.41) is 3.07. The summed E-state index contributed by atoms with van der Waals surface area (Å²) in [5.74, 6) is 0. The largest absolute Gasteiger partial charge is 0.183 e. The molecule has 1 rings (SSSR count). The van der Waals surface area contributed by atoms with Gasteiger partial charge in [0.1, 0.15) is 0 Å². The molecule has 0 spiro atoms. The first-order valence-electron chi connectivity index (χ1n) is 5.84. The van der Waals surface area contributed by atoms with E-state index in [0.717, 1.165) is 0 Å². The zero-order valence-electron chi connectivity index (χ0n) is 12.2. The molecule has 7 heteroatoms. The summed E-state index contributed by atoms with van der Waals surface area (Å²) in [6.07, 6.45) is 1.23. The van der Waals surface area contributed by atoms with E-state index in [0.29, 0.717) is 16.1 Å². The van der Waals surface area contributed by atoms with Gasteiger partial charge in [0.05, 0.1) is 14.9 Å². The van der Waals surface area contributed by atoms with Crippen LogP contribution in [0.1, 0.15) is 48.0 Å². The second kappa shape index (κ2) is 7.02. The maximum absolute atomic E-state index is 8.60. The minimum Gasteiger partial charge on any atom is -0.183 e. The number of hydrogen-bond donors (Lipinski definition) is 1. The topological polar surface area (TPSA) is 89.4 Å². The Hall–Kier alpha value is 0.570. The molecule has 1 unspecified atom stereocenters. The van der Waals surface area contributed by atoms with E-state index < -0.39 is 10.2 Å². The van der Waals surface area contributed by atoms with E-state index in [4.69, 9.17) is 18.6 Å². The molecule has 0 amide bonds. The van der Waals surface area contributed by atoms with Gasteiger partial charge in [-0.05, 0) is 28.2 Å². The van der Waals surface area contributed by atoms with Crippen LogP contribution < -0.4 is 14.0 Å². The summed E-state index contributed by atoms with van der Waals surface area (Å²) in [6, 6.07) is 0. The lowest BCUT2D eigenvalue weighted by Crippen LogP contribution is -2.58. The van der Waals surface area contributed by atoms with Gasteiger partial charge in [0.2, 0.25) is 0 Å². The van der Waals surface area contributed by atoms with Crippen LogP contribution in [-0.2, 0) is 0 Å². The van der Waals surface area contributed by atoms with Crippen molar-refractivity contribution in [3.8, 4) is 0 Å². The second-order valence-corrected chi connectivity index (χ2v) is 9.80. The summed E-state index contributed by atoms with van der Waals surface area (Å²) in [7, 11) is -0.760. The lowest BCUT2D eigenvalue weighted by molar-refractivity contribution is -1.92. The molecule has 114 valence electrons. The highest BCUT2D eigenvalue weighted by Crippen LogP contribution is 2.51. The molecule has 1 aliphatic rings. The van der Waals surface area contributed by atoms with Crippen molar-refractivity contribution in [3.05, 3.63) is 11.0 Å². The zero-order chi connectivity index (χ0) is 15.5. The van der Waals surface area contributed by atoms with E-state index in [9.17, 15) is 0 Å². The molecule has 4 nitrogen and oxygen atoms in total. The maximum Gasteiger partial charge on any atom is 0.0777 e. The quantitative estimate of drug-likeness (QED) is 0.721. The monoisotopic (exact) mass is 330 g/mol. The Morgan fingerprint density at radius 3 is 1.89 bits per heavy atom. The molecule has 0 aromatic rings. The number of halogens is 1. The van der Waals surface area contributed by atoms with Crippen molar-refractivity contribution in [1.82, 2.24) is 0 Å². The van der Waals surface area contributed by atoms with Crippen LogP contribution in [0.15, 0.2) is 11.0 Å². The van der Waals surface area contributed by atoms with Crippen molar-refractivity contribution in [3.63, 3.8) is 0 Å². The van der Waals surface area contributed by atoms with Gasteiger partial charge in [-0.1, -0.05) is 63.1 Å². The minimum absolute atomic E-state index is 0.394. The summed E-state index contributed by atoms with van der Waals surface area (Å²) in [4.78, 5) is 0. The number of hydrogen-bond acceptors (Lipinski definition) is 6. The van der Waals surface area contributed by atoms with Crippen molar-refractivity contribution in [1.29, 1.82) is 0 Å². The average Bonchev–Trinajstić information content (AvgIpc) is 2.43. The Labute approximate surface area is 125 Å². The summed E-state index contributed by atoms with van der Waals surface area (Å²) in [6.45, 7) is 14.0. The molecule has 1 N–H and O–H groups in total. The highest BCUT2D eigenvalue weighted by Gasteiger charge is 2.33. The predicted molar refractivity (Wildman–Crippen MR) is 72.8 cm³/mol. The van der Waals surface area contributed by atoms with E-state index in [-0.39, 0.29) is 0 Å². The SMILES string of the molecule is CC(C)(C)CC1=CSSC1C(C)(C)C.[O-][Cl+3]([O-])([O-])O. The van der Waals surface area contributed by atoms with Crippen LogP contribution in [0.25, 0.3) is 0 Å².